The van der Waals surface area contributed by atoms with Gasteiger partial charge in [0.05, 0.1) is 5.69 Å². The highest BCUT2D eigenvalue weighted by molar-refractivity contribution is 7.98. The average Bonchev–Trinajstić information content (AvgIpc) is 2.97. The number of benzene rings is 1. The first-order valence-electron chi connectivity index (χ1n) is 6.86. The van der Waals surface area contributed by atoms with Crippen molar-refractivity contribution >= 4 is 29.3 Å². The fourth-order valence-corrected chi connectivity index (χ4v) is 2.86. The zero-order chi connectivity index (χ0) is 15.9. The van der Waals surface area contributed by atoms with Gasteiger partial charge in [-0.1, -0.05) is 17.7 Å². The second-order valence-corrected chi connectivity index (χ2v) is 6.11. The zero-order valence-electron chi connectivity index (χ0n) is 12.2. The van der Waals surface area contributed by atoms with Gasteiger partial charge in [0, 0.05) is 29.6 Å². The molecule has 2 N–H and O–H groups in total. The van der Waals surface area contributed by atoms with E-state index in [0.29, 0.717) is 17.1 Å². The molecule has 0 radical (unpaired) electrons. The van der Waals surface area contributed by atoms with Gasteiger partial charge in [0.15, 0.2) is 5.69 Å². The van der Waals surface area contributed by atoms with Gasteiger partial charge in [-0.3, -0.25) is 4.79 Å². The van der Waals surface area contributed by atoms with E-state index in [1.165, 1.54) is 0 Å². The number of carbonyl (C=O) groups excluding carboxylic acids is 1. The Balaban J connectivity index is 2.08. The fourth-order valence-electron chi connectivity index (χ4n) is 2.02. The van der Waals surface area contributed by atoms with E-state index in [0.717, 1.165) is 11.4 Å². The van der Waals surface area contributed by atoms with Crippen LogP contribution in [0.1, 0.15) is 16.9 Å². The minimum Gasteiger partial charge on any atom is -0.396 e. The first kappa shape index (κ1) is 16.9. The van der Waals surface area contributed by atoms with Crippen LogP contribution < -0.4 is 5.32 Å². The van der Waals surface area contributed by atoms with Gasteiger partial charge in [-0.25, -0.2) is 4.68 Å². The number of amides is 1. The van der Waals surface area contributed by atoms with Gasteiger partial charge in [-0.05, 0) is 36.9 Å². The number of hydrogen-bond donors (Lipinski definition) is 2. The fraction of sp³-hybridized carbons (Fsp3) is 0.333. The van der Waals surface area contributed by atoms with Crippen molar-refractivity contribution in [3.63, 3.8) is 0 Å². The number of nitrogens with zero attached hydrogens (tertiary/aromatic N) is 2. The summed E-state index contributed by atoms with van der Waals surface area (Å²) in [6.07, 6.45) is 4.21. The Kier molecular flexibility index (Phi) is 6.30. The number of carbonyl (C=O) groups is 1. The third-order valence-electron chi connectivity index (χ3n) is 3.08. The van der Waals surface area contributed by atoms with Crippen LogP contribution in [-0.2, 0) is 0 Å². The van der Waals surface area contributed by atoms with Gasteiger partial charge in [-0.15, -0.1) is 0 Å². The number of thioether (sulfide) groups is 1. The van der Waals surface area contributed by atoms with Gasteiger partial charge < -0.3 is 10.4 Å². The molecule has 0 bridgehead atoms. The van der Waals surface area contributed by atoms with E-state index in [1.807, 2.05) is 18.4 Å². The van der Waals surface area contributed by atoms with E-state index in [9.17, 15) is 4.79 Å². The number of nitrogens with one attached hydrogen (secondary N) is 1. The number of aromatic nitrogens is 2. The molecule has 0 aliphatic rings. The maximum Gasteiger partial charge on any atom is 0.272 e. The van der Waals surface area contributed by atoms with Gasteiger partial charge in [-0.2, -0.15) is 16.9 Å². The molecule has 0 saturated heterocycles. The molecule has 1 atom stereocenters. The first-order chi connectivity index (χ1) is 10.6. The molecular weight excluding hydrogens is 322 g/mol. The minimum absolute atomic E-state index is 0.0441. The number of hydrogen-bond acceptors (Lipinski definition) is 4. The summed E-state index contributed by atoms with van der Waals surface area (Å²) in [6.45, 7) is 0.0441. The van der Waals surface area contributed by atoms with Crippen LogP contribution in [0, 0.1) is 0 Å². The van der Waals surface area contributed by atoms with Gasteiger partial charge in [0.25, 0.3) is 5.91 Å². The molecule has 7 heteroatoms. The molecule has 0 aliphatic heterocycles. The molecular formula is C15H18ClN3O2S. The molecule has 0 fully saturated rings. The quantitative estimate of drug-likeness (QED) is 0.812. The van der Waals surface area contributed by atoms with Crippen molar-refractivity contribution in [1.29, 1.82) is 0 Å². The normalized spacial score (nSPS) is 12.1. The second kappa shape index (κ2) is 8.22. The topological polar surface area (TPSA) is 67.2 Å². The Morgan fingerprint density at radius 1 is 1.50 bits per heavy atom. The van der Waals surface area contributed by atoms with Crippen LogP contribution >= 0.6 is 23.4 Å². The van der Waals surface area contributed by atoms with E-state index >= 15 is 0 Å². The standard InChI is InChI=1S/C15H18ClN3O2S/c1-22-10-12(6-8-20)17-15(21)14-5-7-19(18-14)13-4-2-3-11(16)9-13/h2-5,7,9,12,20H,6,8,10H2,1H3,(H,17,21). The second-order valence-electron chi connectivity index (χ2n) is 4.76. The van der Waals surface area contributed by atoms with Crippen LogP contribution in [0.2, 0.25) is 5.02 Å². The molecule has 0 saturated carbocycles. The molecule has 2 rings (SSSR count). The van der Waals surface area contributed by atoms with Crippen LogP contribution in [0.25, 0.3) is 5.69 Å². The lowest BCUT2D eigenvalue weighted by molar-refractivity contribution is 0.0930. The smallest absolute Gasteiger partial charge is 0.272 e. The summed E-state index contributed by atoms with van der Waals surface area (Å²) in [6, 6.07) is 8.84. The Hall–Kier alpha value is -1.50. The lowest BCUT2D eigenvalue weighted by Crippen LogP contribution is -2.37. The Morgan fingerprint density at radius 2 is 2.32 bits per heavy atom. The highest BCUT2D eigenvalue weighted by atomic mass is 35.5. The van der Waals surface area contributed by atoms with Crippen LogP contribution in [0.5, 0.6) is 0 Å². The zero-order valence-corrected chi connectivity index (χ0v) is 13.8. The lowest BCUT2D eigenvalue weighted by Gasteiger charge is -2.15. The van der Waals surface area contributed by atoms with Crippen LogP contribution in [0.3, 0.4) is 0 Å². The minimum atomic E-state index is -0.242. The summed E-state index contributed by atoms with van der Waals surface area (Å²) in [5.41, 5.74) is 1.13. The molecule has 5 nitrogen and oxygen atoms in total. The van der Waals surface area contributed by atoms with E-state index in [-0.39, 0.29) is 18.6 Å². The summed E-state index contributed by atoms with van der Waals surface area (Å²) < 4.78 is 1.61. The first-order valence-corrected chi connectivity index (χ1v) is 8.63. The van der Waals surface area contributed by atoms with Crippen molar-refractivity contribution in [2.45, 2.75) is 12.5 Å². The van der Waals surface area contributed by atoms with Crippen molar-refractivity contribution in [3.8, 4) is 5.69 Å². The lowest BCUT2D eigenvalue weighted by atomic mass is 10.2. The Morgan fingerprint density at radius 3 is 3.00 bits per heavy atom. The summed E-state index contributed by atoms with van der Waals surface area (Å²) in [7, 11) is 0. The molecule has 1 amide bonds. The van der Waals surface area contributed by atoms with Crippen LogP contribution in [0.4, 0.5) is 0 Å². The molecule has 1 unspecified atom stereocenters. The maximum absolute atomic E-state index is 12.2. The van der Waals surface area contributed by atoms with Crippen LogP contribution in [0.15, 0.2) is 36.5 Å². The average molecular weight is 340 g/mol. The van der Waals surface area contributed by atoms with E-state index in [1.54, 1.807) is 40.8 Å². The van der Waals surface area contributed by atoms with Crippen molar-refractivity contribution in [1.82, 2.24) is 15.1 Å². The number of halogens is 1. The third kappa shape index (κ3) is 4.50. The van der Waals surface area contributed by atoms with E-state index in [4.69, 9.17) is 16.7 Å². The van der Waals surface area contributed by atoms with E-state index in [2.05, 4.69) is 10.4 Å². The molecule has 1 aromatic carbocycles. The Labute approximate surface area is 138 Å². The largest absolute Gasteiger partial charge is 0.396 e. The highest BCUT2D eigenvalue weighted by Crippen LogP contribution is 2.14. The molecule has 2 aromatic rings. The molecule has 1 aromatic heterocycles. The predicted octanol–water partition coefficient (Wildman–Crippen LogP) is 2.37. The molecule has 0 spiro atoms. The molecule has 1 heterocycles. The van der Waals surface area contributed by atoms with Crippen molar-refractivity contribution in [2.24, 2.45) is 0 Å². The monoisotopic (exact) mass is 339 g/mol. The predicted molar refractivity (Wildman–Crippen MR) is 89.9 cm³/mol. The van der Waals surface area contributed by atoms with Gasteiger partial charge >= 0.3 is 0 Å². The van der Waals surface area contributed by atoms with E-state index < -0.39 is 0 Å². The summed E-state index contributed by atoms with van der Waals surface area (Å²) in [5, 5.41) is 16.8. The number of rotatable bonds is 7. The highest BCUT2D eigenvalue weighted by Gasteiger charge is 2.15. The molecule has 22 heavy (non-hydrogen) atoms. The van der Waals surface area contributed by atoms with Crippen molar-refractivity contribution < 1.29 is 9.90 Å². The number of aliphatic hydroxyl groups excluding tert-OH is 1. The van der Waals surface area contributed by atoms with Gasteiger partial charge in [0.1, 0.15) is 0 Å². The summed E-state index contributed by atoms with van der Waals surface area (Å²) >= 11 is 7.58. The van der Waals surface area contributed by atoms with Crippen molar-refractivity contribution in [2.75, 3.05) is 18.6 Å². The maximum atomic E-state index is 12.2. The molecule has 118 valence electrons. The Bertz CT molecular complexity index is 627. The third-order valence-corrected chi connectivity index (χ3v) is 4.05. The van der Waals surface area contributed by atoms with Crippen molar-refractivity contribution in [3.05, 3.63) is 47.2 Å². The summed E-state index contributed by atoms with van der Waals surface area (Å²) in [5.74, 6) is 0.509. The molecule has 0 aliphatic carbocycles. The van der Waals surface area contributed by atoms with Crippen LogP contribution in [-0.4, -0.2) is 45.5 Å². The SMILES string of the molecule is CSCC(CCO)NC(=O)c1ccn(-c2cccc(Cl)c2)n1. The van der Waals surface area contributed by atoms with Gasteiger partial charge in [0.2, 0.25) is 0 Å². The summed E-state index contributed by atoms with van der Waals surface area (Å²) in [4.78, 5) is 12.2. The number of aliphatic hydroxyl groups is 1.